The Balaban J connectivity index is 1.86. The standard InChI is InChI=1S/C14H10BrN5O2/c15-9-1-2-12-11(5-9)14(22)20(8-16-12)7-13(21)19-10-3-4-17-18-6-10/h1-6,8H,7H2,(H,17,19,21). The van der Waals surface area contributed by atoms with Crippen LogP contribution in [0.3, 0.4) is 0 Å². The van der Waals surface area contributed by atoms with Gasteiger partial charge in [-0.3, -0.25) is 14.2 Å². The number of benzene rings is 1. The van der Waals surface area contributed by atoms with Crippen LogP contribution in [0, 0.1) is 0 Å². The summed E-state index contributed by atoms with van der Waals surface area (Å²) in [7, 11) is 0. The van der Waals surface area contributed by atoms with E-state index in [4.69, 9.17) is 0 Å². The number of hydrogen-bond donors (Lipinski definition) is 1. The van der Waals surface area contributed by atoms with E-state index in [1.807, 2.05) is 6.07 Å². The maximum Gasteiger partial charge on any atom is 0.261 e. The number of anilines is 1. The van der Waals surface area contributed by atoms with Gasteiger partial charge in [0.05, 0.1) is 35.3 Å². The highest BCUT2D eigenvalue weighted by molar-refractivity contribution is 9.10. The van der Waals surface area contributed by atoms with Crippen molar-refractivity contribution in [3.63, 3.8) is 0 Å². The average molecular weight is 360 g/mol. The predicted octanol–water partition coefficient (Wildman–Crippen LogP) is 1.59. The van der Waals surface area contributed by atoms with E-state index in [1.165, 1.54) is 23.3 Å². The summed E-state index contributed by atoms with van der Waals surface area (Å²) < 4.78 is 2.04. The van der Waals surface area contributed by atoms with Gasteiger partial charge in [-0.15, -0.1) is 0 Å². The SMILES string of the molecule is O=C(Cn1cnc2ccc(Br)cc2c1=O)Nc1ccnnc1. The summed E-state index contributed by atoms with van der Waals surface area (Å²) in [4.78, 5) is 28.5. The van der Waals surface area contributed by atoms with Crippen molar-refractivity contribution in [2.24, 2.45) is 0 Å². The lowest BCUT2D eigenvalue weighted by molar-refractivity contribution is -0.116. The van der Waals surface area contributed by atoms with Crippen molar-refractivity contribution in [1.82, 2.24) is 19.7 Å². The molecule has 0 bridgehead atoms. The summed E-state index contributed by atoms with van der Waals surface area (Å²) in [5.41, 5.74) is 0.835. The third-order valence-electron chi connectivity index (χ3n) is 2.97. The van der Waals surface area contributed by atoms with Gasteiger partial charge in [-0.25, -0.2) is 4.98 Å². The van der Waals surface area contributed by atoms with Crippen LogP contribution in [0.4, 0.5) is 5.69 Å². The number of halogens is 1. The number of fused-ring (bicyclic) bond motifs is 1. The maximum absolute atomic E-state index is 12.4. The van der Waals surface area contributed by atoms with Crippen molar-refractivity contribution < 1.29 is 4.79 Å². The molecule has 7 nitrogen and oxygen atoms in total. The second-order valence-corrected chi connectivity index (χ2v) is 5.43. The Morgan fingerprint density at radius 2 is 2.14 bits per heavy atom. The first-order valence-electron chi connectivity index (χ1n) is 6.35. The third-order valence-corrected chi connectivity index (χ3v) is 3.46. The van der Waals surface area contributed by atoms with Crippen molar-refractivity contribution >= 4 is 38.4 Å². The molecule has 0 aliphatic rings. The minimum atomic E-state index is -0.341. The summed E-state index contributed by atoms with van der Waals surface area (Å²) >= 11 is 3.32. The summed E-state index contributed by atoms with van der Waals surface area (Å²) in [6.45, 7) is -0.128. The Morgan fingerprint density at radius 3 is 2.91 bits per heavy atom. The molecule has 8 heteroatoms. The van der Waals surface area contributed by atoms with Gasteiger partial charge in [0, 0.05) is 4.47 Å². The largest absolute Gasteiger partial charge is 0.323 e. The van der Waals surface area contributed by atoms with E-state index in [-0.39, 0.29) is 18.0 Å². The van der Waals surface area contributed by atoms with Gasteiger partial charge in [0.1, 0.15) is 6.54 Å². The molecule has 1 amide bonds. The van der Waals surface area contributed by atoms with Crippen LogP contribution in [-0.2, 0) is 11.3 Å². The van der Waals surface area contributed by atoms with Gasteiger partial charge in [-0.05, 0) is 24.3 Å². The molecule has 2 heterocycles. The van der Waals surface area contributed by atoms with E-state index in [0.29, 0.717) is 16.6 Å². The molecule has 0 spiro atoms. The maximum atomic E-state index is 12.4. The lowest BCUT2D eigenvalue weighted by atomic mass is 10.2. The molecule has 1 aromatic carbocycles. The molecule has 3 rings (SSSR count). The summed E-state index contributed by atoms with van der Waals surface area (Å²) in [5, 5.41) is 10.4. The van der Waals surface area contributed by atoms with E-state index < -0.39 is 0 Å². The lowest BCUT2D eigenvalue weighted by Crippen LogP contribution is -2.27. The fourth-order valence-corrected chi connectivity index (χ4v) is 2.32. The van der Waals surface area contributed by atoms with E-state index in [2.05, 4.69) is 36.4 Å². The Bertz CT molecular complexity index is 895. The number of nitrogens with one attached hydrogen (secondary N) is 1. The smallest absolute Gasteiger partial charge is 0.261 e. The number of aromatic nitrogens is 4. The normalized spacial score (nSPS) is 10.6. The molecule has 1 N–H and O–H groups in total. The molecule has 0 aliphatic carbocycles. The fourth-order valence-electron chi connectivity index (χ4n) is 1.96. The highest BCUT2D eigenvalue weighted by Crippen LogP contribution is 2.14. The lowest BCUT2D eigenvalue weighted by Gasteiger charge is -2.07. The quantitative estimate of drug-likeness (QED) is 0.766. The van der Waals surface area contributed by atoms with Gasteiger partial charge >= 0.3 is 0 Å². The first-order valence-corrected chi connectivity index (χ1v) is 7.14. The van der Waals surface area contributed by atoms with Crippen molar-refractivity contribution in [2.45, 2.75) is 6.54 Å². The molecule has 0 atom stereocenters. The van der Waals surface area contributed by atoms with Gasteiger partial charge in [-0.2, -0.15) is 10.2 Å². The number of carbonyl (C=O) groups excluding carboxylic acids is 1. The number of carbonyl (C=O) groups is 1. The van der Waals surface area contributed by atoms with Crippen LogP contribution < -0.4 is 10.9 Å². The average Bonchev–Trinajstić information content (AvgIpc) is 2.51. The Kier molecular flexibility index (Phi) is 3.92. The fraction of sp³-hybridized carbons (Fsp3) is 0.0714. The molecule has 0 radical (unpaired) electrons. The highest BCUT2D eigenvalue weighted by atomic mass is 79.9. The second kappa shape index (κ2) is 6.02. The second-order valence-electron chi connectivity index (χ2n) is 4.52. The van der Waals surface area contributed by atoms with Crippen LogP contribution in [-0.4, -0.2) is 25.7 Å². The highest BCUT2D eigenvalue weighted by Gasteiger charge is 2.09. The van der Waals surface area contributed by atoms with E-state index in [9.17, 15) is 9.59 Å². The summed E-state index contributed by atoms with van der Waals surface area (Å²) in [6.07, 6.45) is 4.26. The van der Waals surface area contributed by atoms with Crippen LogP contribution in [0.5, 0.6) is 0 Å². The van der Waals surface area contributed by atoms with Crippen LogP contribution in [0.25, 0.3) is 10.9 Å². The molecule has 110 valence electrons. The van der Waals surface area contributed by atoms with Gasteiger partial charge in [-0.1, -0.05) is 15.9 Å². The van der Waals surface area contributed by atoms with Crippen LogP contribution in [0.2, 0.25) is 0 Å². The minimum Gasteiger partial charge on any atom is -0.323 e. The topological polar surface area (TPSA) is 89.8 Å². The molecule has 2 aromatic heterocycles. The monoisotopic (exact) mass is 359 g/mol. The van der Waals surface area contributed by atoms with Crippen molar-refractivity contribution in [3.8, 4) is 0 Å². The van der Waals surface area contributed by atoms with Gasteiger partial charge < -0.3 is 5.32 Å². The molecule has 0 unspecified atom stereocenters. The summed E-state index contributed by atoms with van der Waals surface area (Å²) in [5.74, 6) is -0.341. The van der Waals surface area contributed by atoms with Crippen molar-refractivity contribution in [2.75, 3.05) is 5.32 Å². The zero-order chi connectivity index (χ0) is 15.5. The first kappa shape index (κ1) is 14.3. The van der Waals surface area contributed by atoms with Gasteiger partial charge in [0.15, 0.2) is 0 Å². The Hall–Kier alpha value is -2.61. The van der Waals surface area contributed by atoms with E-state index in [1.54, 1.807) is 18.2 Å². The molecule has 22 heavy (non-hydrogen) atoms. The van der Waals surface area contributed by atoms with Crippen molar-refractivity contribution in [1.29, 1.82) is 0 Å². The molecule has 0 aliphatic heterocycles. The van der Waals surface area contributed by atoms with Crippen molar-refractivity contribution in [3.05, 3.63) is 57.8 Å². The number of nitrogens with zero attached hydrogens (tertiary/aromatic N) is 4. The number of amides is 1. The Morgan fingerprint density at radius 1 is 1.27 bits per heavy atom. The molecular formula is C14H10BrN5O2. The zero-order valence-corrected chi connectivity index (χ0v) is 12.8. The van der Waals surface area contributed by atoms with Crippen LogP contribution in [0.15, 0.2) is 52.3 Å². The third kappa shape index (κ3) is 3.01. The summed E-state index contributed by atoms with van der Waals surface area (Å²) in [6, 6.07) is 6.85. The molecular weight excluding hydrogens is 350 g/mol. The predicted molar refractivity (Wildman–Crippen MR) is 84.4 cm³/mol. The molecule has 3 aromatic rings. The van der Waals surface area contributed by atoms with Crippen LogP contribution >= 0.6 is 15.9 Å². The molecule has 0 fully saturated rings. The van der Waals surface area contributed by atoms with Gasteiger partial charge in [0.25, 0.3) is 5.56 Å². The van der Waals surface area contributed by atoms with E-state index in [0.717, 1.165) is 4.47 Å². The first-order chi connectivity index (χ1) is 10.6. The Labute approximate surface area is 133 Å². The number of rotatable bonds is 3. The minimum absolute atomic E-state index is 0.128. The number of hydrogen-bond acceptors (Lipinski definition) is 5. The zero-order valence-electron chi connectivity index (χ0n) is 11.2. The molecule has 0 saturated carbocycles. The van der Waals surface area contributed by atoms with Crippen LogP contribution in [0.1, 0.15) is 0 Å². The van der Waals surface area contributed by atoms with Gasteiger partial charge in [0.2, 0.25) is 5.91 Å². The van der Waals surface area contributed by atoms with E-state index >= 15 is 0 Å². The molecule has 0 saturated heterocycles.